The Labute approximate surface area is 103 Å². The average Bonchev–Trinajstić information content (AvgIpc) is 2.16. The number of aryl methyl sites for hydroxylation is 1. The second kappa shape index (κ2) is 4.40. The zero-order chi connectivity index (χ0) is 11.8. The van der Waals surface area contributed by atoms with Gasteiger partial charge in [0.25, 0.3) is 0 Å². The van der Waals surface area contributed by atoms with Crippen LogP contribution in [0.2, 0.25) is 14.8 Å². The summed E-state index contributed by atoms with van der Waals surface area (Å²) in [6.45, 7) is 2.15. The summed E-state index contributed by atoms with van der Waals surface area (Å²) in [6, 6.07) is 13.7. The van der Waals surface area contributed by atoms with Crippen LogP contribution in [0.1, 0.15) is 11.1 Å². The van der Waals surface area contributed by atoms with Crippen LogP contribution in [0, 0.1) is 6.92 Å². The van der Waals surface area contributed by atoms with E-state index in [1.165, 1.54) is 26.3 Å². The predicted molar refractivity (Wildman–Crippen MR) is 75.7 cm³/mol. The van der Waals surface area contributed by atoms with Crippen LogP contribution in [-0.4, -0.2) is 18.4 Å². The van der Waals surface area contributed by atoms with Crippen LogP contribution in [0.15, 0.2) is 36.4 Å². The van der Waals surface area contributed by atoms with E-state index in [4.69, 9.17) is 0 Å². The van der Waals surface area contributed by atoms with Gasteiger partial charge in [-0.15, -0.1) is 0 Å². The van der Waals surface area contributed by atoms with E-state index in [-0.39, 0.29) is 0 Å². The molecule has 2 aromatic rings. The molecule has 0 spiro atoms. The summed E-state index contributed by atoms with van der Waals surface area (Å²) in [7, 11) is 0. The van der Waals surface area contributed by atoms with Crippen molar-refractivity contribution >= 4 is 29.1 Å². The molecule has 0 aliphatic heterocycles. The molecule has 16 heavy (non-hydrogen) atoms. The van der Waals surface area contributed by atoms with Gasteiger partial charge in [-0.2, -0.15) is 0 Å². The zero-order valence-electron chi connectivity index (χ0n) is 10.7. The molecular formula is C15H20Sn. The Kier molecular flexibility index (Phi) is 3.29. The fraction of sp³-hybridized carbons (Fsp3) is 0.333. The molecule has 0 bridgehead atoms. The zero-order valence-corrected chi connectivity index (χ0v) is 13.5. The molecule has 0 heterocycles. The summed E-state index contributed by atoms with van der Waals surface area (Å²) in [5.74, 6) is 0. The predicted octanol–water partition coefficient (Wildman–Crippen LogP) is 4.57. The second-order valence-corrected chi connectivity index (χ2v) is 21.5. The molecule has 0 N–H and O–H groups in total. The van der Waals surface area contributed by atoms with Gasteiger partial charge in [0.15, 0.2) is 0 Å². The van der Waals surface area contributed by atoms with Crippen LogP contribution in [-0.2, 0) is 4.44 Å². The van der Waals surface area contributed by atoms with Gasteiger partial charge in [-0.1, -0.05) is 0 Å². The molecule has 0 unspecified atom stereocenters. The normalized spacial score (nSPS) is 12.0. The van der Waals surface area contributed by atoms with Gasteiger partial charge in [0.05, 0.1) is 0 Å². The van der Waals surface area contributed by atoms with Crippen LogP contribution in [0.4, 0.5) is 0 Å². The van der Waals surface area contributed by atoms with Crippen molar-refractivity contribution in [1.82, 2.24) is 0 Å². The van der Waals surface area contributed by atoms with Crippen molar-refractivity contribution in [2.75, 3.05) is 0 Å². The van der Waals surface area contributed by atoms with Crippen molar-refractivity contribution in [1.29, 1.82) is 0 Å². The van der Waals surface area contributed by atoms with Crippen LogP contribution in [0.5, 0.6) is 0 Å². The summed E-state index contributed by atoms with van der Waals surface area (Å²) in [5.41, 5.74) is 2.87. The van der Waals surface area contributed by atoms with E-state index in [0.29, 0.717) is 0 Å². The van der Waals surface area contributed by atoms with Gasteiger partial charge in [0.1, 0.15) is 0 Å². The van der Waals surface area contributed by atoms with Crippen molar-refractivity contribution < 1.29 is 0 Å². The molecule has 0 fully saturated rings. The van der Waals surface area contributed by atoms with Crippen molar-refractivity contribution in [3.63, 3.8) is 0 Å². The number of hydrogen-bond donors (Lipinski definition) is 0. The summed E-state index contributed by atoms with van der Waals surface area (Å²) in [4.78, 5) is 7.48. The Morgan fingerprint density at radius 1 is 0.875 bits per heavy atom. The third-order valence-corrected chi connectivity index (χ3v) is 6.99. The molecule has 0 saturated carbocycles. The maximum atomic E-state index is 2.49. The Morgan fingerprint density at radius 3 is 2.19 bits per heavy atom. The van der Waals surface area contributed by atoms with E-state index in [2.05, 4.69) is 58.1 Å². The van der Waals surface area contributed by atoms with Gasteiger partial charge >= 0.3 is 103 Å². The molecule has 0 radical (unpaired) electrons. The van der Waals surface area contributed by atoms with E-state index < -0.39 is 18.4 Å². The Balaban J connectivity index is 2.41. The van der Waals surface area contributed by atoms with Crippen LogP contribution in [0.3, 0.4) is 0 Å². The van der Waals surface area contributed by atoms with E-state index in [0.717, 1.165) is 0 Å². The molecule has 2 aromatic carbocycles. The van der Waals surface area contributed by atoms with Gasteiger partial charge in [0.2, 0.25) is 0 Å². The Hall–Kier alpha value is -0.501. The summed E-state index contributed by atoms with van der Waals surface area (Å²) in [5, 5.41) is 2.76. The van der Waals surface area contributed by atoms with Gasteiger partial charge in [-0.25, -0.2) is 0 Å². The molecule has 0 saturated heterocycles. The Morgan fingerprint density at radius 2 is 1.50 bits per heavy atom. The molecule has 0 aromatic heterocycles. The van der Waals surface area contributed by atoms with Crippen LogP contribution in [0.25, 0.3) is 10.8 Å². The average molecular weight is 319 g/mol. The third-order valence-electron chi connectivity index (χ3n) is 2.79. The van der Waals surface area contributed by atoms with Gasteiger partial charge < -0.3 is 0 Å². The standard InChI is InChI=1S/C12H11.3CH3.Sn/c1-9-3-5-12-8-10(2)4-6-11(12)7-9;;;;/h3-8H,1H2,2H3;3*1H3;. The quantitative estimate of drug-likeness (QED) is 0.712. The molecular weight excluding hydrogens is 299 g/mol. The first-order valence-corrected chi connectivity index (χ1v) is 16.5. The minimum atomic E-state index is -1.69. The van der Waals surface area contributed by atoms with Crippen molar-refractivity contribution in [3.8, 4) is 0 Å². The summed E-state index contributed by atoms with van der Waals surface area (Å²) in [6.07, 6.45) is 0. The minimum absolute atomic E-state index is 1.34. The van der Waals surface area contributed by atoms with Crippen molar-refractivity contribution in [2.24, 2.45) is 0 Å². The third kappa shape index (κ3) is 3.00. The summed E-state index contributed by atoms with van der Waals surface area (Å²) < 4.78 is 1.35. The molecule has 0 amide bonds. The molecule has 84 valence electrons. The number of benzene rings is 2. The van der Waals surface area contributed by atoms with Crippen molar-refractivity contribution in [2.45, 2.75) is 26.2 Å². The topological polar surface area (TPSA) is 0 Å². The second-order valence-electron chi connectivity index (χ2n) is 5.92. The number of fused-ring (bicyclic) bond motifs is 1. The monoisotopic (exact) mass is 320 g/mol. The van der Waals surface area contributed by atoms with Gasteiger partial charge in [-0.3, -0.25) is 0 Å². The molecule has 0 nitrogen and oxygen atoms in total. The first-order chi connectivity index (χ1) is 7.44. The maximum absolute atomic E-state index is 2.49. The fourth-order valence-corrected chi connectivity index (χ4v) is 6.26. The van der Waals surface area contributed by atoms with Crippen molar-refractivity contribution in [3.05, 3.63) is 47.5 Å². The van der Waals surface area contributed by atoms with Gasteiger partial charge in [0, 0.05) is 0 Å². The van der Waals surface area contributed by atoms with Crippen LogP contribution >= 0.6 is 0 Å². The molecule has 1 heteroatoms. The van der Waals surface area contributed by atoms with Gasteiger partial charge in [-0.05, 0) is 0 Å². The Bertz CT molecular complexity index is 506. The SMILES string of the molecule is Cc1ccc2cc([CH2][Sn]([CH3])([CH3])[CH3])ccc2c1. The molecule has 0 aliphatic rings. The van der Waals surface area contributed by atoms with E-state index >= 15 is 0 Å². The van der Waals surface area contributed by atoms with E-state index in [1.54, 1.807) is 0 Å². The molecule has 0 aliphatic carbocycles. The van der Waals surface area contributed by atoms with E-state index in [1.807, 2.05) is 0 Å². The molecule has 2 rings (SSSR count). The molecule has 0 atom stereocenters. The van der Waals surface area contributed by atoms with E-state index in [9.17, 15) is 0 Å². The van der Waals surface area contributed by atoms with Crippen LogP contribution < -0.4 is 0 Å². The first kappa shape index (κ1) is 12.0. The number of hydrogen-bond acceptors (Lipinski definition) is 0. The fourth-order valence-electron chi connectivity index (χ4n) is 2.14. The summed E-state index contributed by atoms with van der Waals surface area (Å²) >= 11 is -1.69. The first-order valence-electron chi connectivity index (χ1n) is 5.93. The number of rotatable bonds is 2.